The number of hydrogen-bond donors (Lipinski definition) is 1. The van der Waals surface area contributed by atoms with Gasteiger partial charge in [-0.05, 0) is 22.6 Å². The minimum Gasteiger partial charge on any atom is -0.329 e. The molecule has 1 aromatic heterocycles. The number of benzene rings is 1. The van der Waals surface area contributed by atoms with Gasteiger partial charge in [-0.3, -0.25) is 10.1 Å². The van der Waals surface area contributed by atoms with Gasteiger partial charge in [0.25, 0.3) is 5.69 Å². The Kier molecular flexibility index (Phi) is 3.49. The third-order valence-corrected chi connectivity index (χ3v) is 2.59. The summed E-state index contributed by atoms with van der Waals surface area (Å²) >= 11 is 5.73. The van der Waals surface area contributed by atoms with Crippen molar-refractivity contribution in [2.75, 3.05) is 6.54 Å². The smallest absolute Gasteiger partial charge is 0.288 e. The summed E-state index contributed by atoms with van der Waals surface area (Å²) in [7, 11) is 0. The molecular formula is C9H9ClN6O2. The van der Waals surface area contributed by atoms with E-state index in [0.29, 0.717) is 24.5 Å². The highest BCUT2D eigenvalue weighted by molar-refractivity contribution is 6.32. The topological polar surface area (TPSA) is 113 Å². The summed E-state index contributed by atoms with van der Waals surface area (Å²) < 4.78 is 1.48. The molecule has 0 spiro atoms. The molecule has 0 unspecified atom stereocenters. The molecule has 0 fully saturated rings. The van der Waals surface area contributed by atoms with Crippen molar-refractivity contribution < 1.29 is 4.92 Å². The average Bonchev–Trinajstić information content (AvgIpc) is 2.78. The number of hydrogen-bond acceptors (Lipinski definition) is 6. The zero-order chi connectivity index (χ0) is 13.1. The van der Waals surface area contributed by atoms with Crippen LogP contribution < -0.4 is 5.73 Å². The number of nitro benzene ring substituents is 1. The summed E-state index contributed by atoms with van der Waals surface area (Å²) in [5.74, 6) is 0.417. The van der Waals surface area contributed by atoms with Crippen LogP contribution in [0.4, 0.5) is 5.69 Å². The van der Waals surface area contributed by atoms with Gasteiger partial charge < -0.3 is 5.73 Å². The van der Waals surface area contributed by atoms with Gasteiger partial charge in [0.05, 0.1) is 11.5 Å². The summed E-state index contributed by atoms with van der Waals surface area (Å²) in [6.45, 7) is 0.798. The Balaban J connectivity index is 2.47. The second-order valence-electron chi connectivity index (χ2n) is 3.44. The Morgan fingerprint density at radius 1 is 1.50 bits per heavy atom. The molecular weight excluding hydrogens is 260 g/mol. The van der Waals surface area contributed by atoms with Crippen molar-refractivity contribution in [1.82, 2.24) is 20.2 Å². The summed E-state index contributed by atoms with van der Waals surface area (Å²) in [4.78, 5) is 10.2. The Bertz CT molecular complexity index is 584. The molecule has 0 atom stereocenters. The number of halogens is 1. The lowest BCUT2D eigenvalue weighted by atomic mass is 10.2. The van der Waals surface area contributed by atoms with E-state index < -0.39 is 4.92 Å². The molecule has 94 valence electrons. The van der Waals surface area contributed by atoms with Gasteiger partial charge in [-0.2, -0.15) is 0 Å². The molecule has 0 saturated heterocycles. The van der Waals surface area contributed by atoms with Gasteiger partial charge >= 0.3 is 0 Å². The Hall–Kier alpha value is -2.06. The molecule has 8 nitrogen and oxygen atoms in total. The number of tetrazole rings is 1. The zero-order valence-electron chi connectivity index (χ0n) is 9.15. The molecule has 9 heteroatoms. The predicted molar refractivity (Wildman–Crippen MR) is 64.0 cm³/mol. The van der Waals surface area contributed by atoms with Crippen molar-refractivity contribution in [3.63, 3.8) is 0 Å². The van der Waals surface area contributed by atoms with Crippen LogP contribution in [0.5, 0.6) is 0 Å². The van der Waals surface area contributed by atoms with Gasteiger partial charge in [-0.15, -0.1) is 5.10 Å². The van der Waals surface area contributed by atoms with E-state index >= 15 is 0 Å². The van der Waals surface area contributed by atoms with Gasteiger partial charge in [0.15, 0.2) is 5.82 Å². The van der Waals surface area contributed by atoms with Crippen LogP contribution >= 0.6 is 11.6 Å². The van der Waals surface area contributed by atoms with Gasteiger partial charge in [0.2, 0.25) is 0 Å². The quantitative estimate of drug-likeness (QED) is 0.650. The number of nitrogens with zero attached hydrogens (tertiary/aromatic N) is 5. The Morgan fingerprint density at radius 3 is 2.94 bits per heavy atom. The fourth-order valence-corrected chi connectivity index (χ4v) is 1.66. The molecule has 2 N–H and O–H groups in total. The standard InChI is InChI=1S/C9H9ClN6O2/c10-7-2-1-6(5-8(7)16(17)18)9-12-13-14-15(9)4-3-11/h1-2,5H,3-4,11H2. The minimum atomic E-state index is -0.553. The predicted octanol–water partition coefficient (Wildman–Crippen LogP) is 0.860. The Labute approximate surface area is 106 Å². The van der Waals surface area contributed by atoms with E-state index in [1.165, 1.54) is 16.8 Å². The number of nitro groups is 1. The van der Waals surface area contributed by atoms with Crippen molar-refractivity contribution in [2.24, 2.45) is 5.73 Å². The third kappa shape index (κ3) is 2.29. The highest BCUT2D eigenvalue weighted by Gasteiger charge is 2.16. The second kappa shape index (κ2) is 5.07. The lowest BCUT2D eigenvalue weighted by molar-refractivity contribution is -0.384. The molecule has 0 aliphatic rings. The maximum Gasteiger partial charge on any atom is 0.288 e. The van der Waals surface area contributed by atoms with E-state index in [9.17, 15) is 10.1 Å². The van der Waals surface area contributed by atoms with Crippen LogP contribution in [0.3, 0.4) is 0 Å². The van der Waals surface area contributed by atoms with Crippen LogP contribution in [0.1, 0.15) is 0 Å². The second-order valence-corrected chi connectivity index (χ2v) is 3.84. The molecule has 2 rings (SSSR count). The molecule has 0 radical (unpaired) electrons. The first-order chi connectivity index (χ1) is 8.63. The van der Waals surface area contributed by atoms with Crippen LogP contribution in [0.2, 0.25) is 5.02 Å². The molecule has 0 aliphatic carbocycles. The molecule has 0 aliphatic heterocycles. The van der Waals surface area contributed by atoms with E-state index in [-0.39, 0.29) is 10.7 Å². The molecule has 0 saturated carbocycles. The molecule has 1 heterocycles. The van der Waals surface area contributed by atoms with E-state index in [1.54, 1.807) is 6.07 Å². The van der Waals surface area contributed by atoms with Crippen molar-refractivity contribution in [3.8, 4) is 11.4 Å². The van der Waals surface area contributed by atoms with Crippen LogP contribution in [0.25, 0.3) is 11.4 Å². The summed E-state index contributed by atoms with van der Waals surface area (Å²) in [5, 5.41) is 22.0. The van der Waals surface area contributed by atoms with Crippen LogP contribution in [-0.2, 0) is 6.54 Å². The third-order valence-electron chi connectivity index (χ3n) is 2.27. The van der Waals surface area contributed by atoms with Gasteiger partial charge in [0.1, 0.15) is 5.02 Å². The highest BCUT2D eigenvalue weighted by Crippen LogP contribution is 2.28. The minimum absolute atomic E-state index is 0.0709. The van der Waals surface area contributed by atoms with E-state index in [1.807, 2.05) is 0 Å². The van der Waals surface area contributed by atoms with Crippen molar-refractivity contribution in [3.05, 3.63) is 33.3 Å². The first-order valence-corrected chi connectivity index (χ1v) is 5.42. The number of aromatic nitrogens is 4. The fourth-order valence-electron chi connectivity index (χ4n) is 1.48. The normalized spacial score (nSPS) is 10.6. The lowest BCUT2D eigenvalue weighted by Crippen LogP contribution is -2.12. The van der Waals surface area contributed by atoms with Crippen LogP contribution in [0.15, 0.2) is 18.2 Å². The first-order valence-electron chi connectivity index (χ1n) is 5.04. The first kappa shape index (κ1) is 12.4. The largest absolute Gasteiger partial charge is 0.329 e. The molecule has 0 amide bonds. The van der Waals surface area contributed by atoms with Crippen molar-refractivity contribution >= 4 is 17.3 Å². The van der Waals surface area contributed by atoms with E-state index in [0.717, 1.165) is 0 Å². The summed E-state index contributed by atoms with van der Waals surface area (Å²) in [5.41, 5.74) is 5.76. The van der Waals surface area contributed by atoms with Crippen molar-refractivity contribution in [1.29, 1.82) is 0 Å². The summed E-state index contributed by atoms with van der Waals surface area (Å²) in [6, 6.07) is 4.39. The number of rotatable bonds is 4. The Morgan fingerprint density at radius 2 is 2.28 bits per heavy atom. The summed E-state index contributed by atoms with van der Waals surface area (Å²) in [6.07, 6.45) is 0. The van der Waals surface area contributed by atoms with Gasteiger partial charge in [-0.25, -0.2) is 4.68 Å². The van der Waals surface area contributed by atoms with Gasteiger partial charge in [0, 0.05) is 18.2 Å². The lowest BCUT2D eigenvalue weighted by Gasteiger charge is -2.03. The molecule has 2 aromatic rings. The zero-order valence-corrected chi connectivity index (χ0v) is 9.91. The molecule has 18 heavy (non-hydrogen) atoms. The SMILES string of the molecule is NCCn1nnnc1-c1ccc(Cl)c([N+](=O)[O-])c1. The molecule has 0 bridgehead atoms. The van der Waals surface area contributed by atoms with E-state index in [2.05, 4.69) is 15.5 Å². The highest BCUT2D eigenvalue weighted by atomic mass is 35.5. The number of nitrogens with two attached hydrogens (primary N) is 1. The maximum absolute atomic E-state index is 10.8. The average molecular weight is 269 g/mol. The maximum atomic E-state index is 10.8. The van der Waals surface area contributed by atoms with Crippen LogP contribution in [-0.4, -0.2) is 31.7 Å². The fraction of sp³-hybridized carbons (Fsp3) is 0.222. The van der Waals surface area contributed by atoms with Gasteiger partial charge in [-0.1, -0.05) is 11.6 Å². The van der Waals surface area contributed by atoms with E-state index in [4.69, 9.17) is 17.3 Å². The molecule has 1 aromatic carbocycles. The van der Waals surface area contributed by atoms with Crippen molar-refractivity contribution in [2.45, 2.75) is 6.54 Å². The van der Waals surface area contributed by atoms with Crippen LogP contribution in [0, 0.1) is 10.1 Å². The monoisotopic (exact) mass is 268 g/mol.